The Kier molecular flexibility index (Phi) is 15.5. The zero-order chi connectivity index (χ0) is 40.3. The van der Waals surface area contributed by atoms with Crippen molar-refractivity contribution < 1.29 is 42.5 Å². The minimum atomic E-state index is -4.24. The third kappa shape index (κ3) is 10.8. The largest absolute Gasteiger partial charge is 0.481 e. The van der Waals surface area contributed by atoms with Crippen LogP contribution in [0.15, 0.2) is 53.4 Å². The van der Waals surface area contributed by atoms with E-state index in [4.69, 9.17) is 21.1 Å². The van der Waals surface area contributed by atoms with Crippen molar-refractivity contribution >= 4 is 39.4 Å². The number of benzene rings is 2. The molecule has 306 valence electrons. The van der Waals surface area contributed by atoms with E-state index in [1.165, 1.54) is 6.07 Å². The first-order valence-corrected chi connectivity index (χ1v) is 21.5. The van der Waals surface area contributed by atoms with Gasteiger partial charge in [0.1, 0.15) is 5.82 Å². The Morgan fingerprint density at radius 1 is 1.04 bits per heavy atom. The van der Waals surface area contributed by atoms with Gasteiger partial charge < -0.3 is 29.6 Å². The molecule has 3 aromatic rings. The number of carbonyl (C=O) groups is 3. The van der Waals surface area contributed by atoms with Crippen molar-refractivity contribution in [3.8, 4) is 11.1 Å². The highest BCUT2D eigenvalue weighted by molar-refractivity contribution is 7.90. The summed E-state index contributed by atoms with van der Waals surface area (Å²) in [5, 5.41) is 23.3. The van der Waals surface area contributed by atoms with Crippen LogP contribution < -0.4 is 10.0 Å². The summed E-state index contributed by atoms with van der Waals surface area (Å²) in [5.41, 5.74) is 1.78. The van der Waals surface area contributed by atoms with Crippen LogP contribution in [0.3, 0.4) is 0 Å². The molecule has 1 aromatic heterocycles. The summed E-state index contributed by atoms with van der Waals surface area (Å²) in [5.74, 6) is -2.30. The van der Waals surface area contributed by atoms with Crippen molar-refractivity contribution in [2.24, 2.45) is 17.3 Å². The number of aliphatic carboxylic acids is 1. The summed E-state index contributed by atoms with van der Waals surface area (Å²) in [6.07, 6.45) is 7.52. The number of carboxylic acid groups (broad SMARTS) is 1. The van der Waals surface area contributed by atoms with E-state index in [0.29, 0.717) is 68.5 Å². The molecule has 13 nitrogen and oxygen atoms in total. The summed E-state index contributed by atoms with van der Waals surface area (Å²) in [7, 11) is -2.69. The standard InChI is InChI=1S/C41H55ClN4O9S/c1-3-4-11-36-44-37(42)34(26-47)46(36)25-28-12-14-29(15-13-28)33-9-5-6-10-35(33)56(52,53)45-38(48)30-16-18-32(19-17-30)43-40(51)41(20-7-8-21-41)24-31(39(49)50)27-55-23-22-54-2/h5-6,9-10,12-15,30-32,47H,3-4,7-8,11,16-27H2,1-2H3,(H,43,51)(H,45,48)(H,49,50). The number of nitrogens with zero attached hydrogens (tertiary/aromatic N) is 2. The molecule has 0 saturated heterocycles. The molecule has 5 rings (SSSR count). The monoisotopic (exact) mass is 814 g/mol. The average molecular weight is 815 g/mol. The van der Waals surface area contributed by atoms with Crippen LogP contribution in [0.4, 0.5) is 0 Å². The number of carbonyl (C=O) groups excluding carboxylic acids is 2. The van der Waals surface area contributed by atoms with E-state index in [1.807, 2.05) is 28.8 Å². The van der Waals surface area contributed by atoms with Crippen LogP contribution in [-0.2, 0) is 53.5 Å². The number of sulfonamides is 1. The molecule has 4 N–H and O–H groups in total. The Hall–Kier alpha value is -3.82. The number of nitrogens with one attached hydrogen (secondary N) is 2. The number of aliphatic hydroxyl groups excluding tert-OH is 1. The van der Waals surface area contributed by atoms with Gasteiger partial charge >= 0.3 is 5.97 Å². The van der Waals surface area contributed by atoms with Crippen LogP contribution in [-0.4, -0.2) is 78.9 Å². The first-order valence-electron chi connectivity index (χ1n) is 19.6. The third-order valence-electron chi connectivity index (χ3n) is 11.2. The summed E-state index contributed by atoms with van der Waals surface area (Å²) in [6, 6.07) is 13.8. The first-order chi connectivity index (χ1) is 26.9. The lowest BCUT2D eigenvalue weighted by atomic mass is 9.76. The second-order valence-electron chi connectivity index (χ2n) is 15.1. The maximum atomic E-state index is 13.7. The summed E-state index contributed by atoms with van der Waals surface area (Å²) >= 11 is 6.32. The molecule has 0 radical (unpaired) electrons. The molecule has 2 aromatic carbocycles. The number of hydrogen-bond acceptors (Lipinski definition) is 9. The highest BCUT2D eigenvalue weighted by Gasteiger charge is 2.45. The first kappa shape index (κ1) is 43.3. The zero-order valence-electron chi connectivity index (χ0n) is 32.3. The fourth-order valence-electron chi connectivity index (χ4n) is 8.02. The van der Waals surface area contributed by atoms with Gasteiger partial charge in [0, 0.05) is 37.6 Å². The number of halogens is 1. The van der Waals surface area contributed by atoms with Crippen LogP contribution in [0.1, 0.15) is 94.6 Å². The van der Waals surface area contributed by atoms with E-state index in [1.54, 1.807) is 25.3 Å². The maximum absolute atomic E-state index is 13.7. The van der Waals surface area contributed by atoms with Gasteiger partial charge in [0.25, 0.3) is 10.0 Å². The van der Waals surface area contributed by atoms with E-state index in [2.05, 4.69) is 21.9 Å². The molecule has 56 heavy (non-hydrogen) atoms. The number of ether oxygens (including phenoxy) is 2. The molecular weight excluding hydrogens is 760 g/mol. The zero-order valence-corrected chi connectivity index (χ0v) is 33.9. The molecule has 2 fully saturated rings. The molecule has 2 amide bonds. The molecule has 0 bridgehead atoms. The summed E-state index contributed by atoms with van der Waals surface area (Å²) in [6.45, 7) is 2.92. The Balaban J connectivity index is 1.19. The summed E-state index contributed by atoms with van der Waals surface area (Å²) < 4.78 is 42.2. The molecule has 1 heterocycles. The van der Waals surface area contributed by atoms with Crippen molar-refractivity contribution in [2.45, 2.75) is 108 Å². The van der Waals surface area contributed by atoms with E-state index in [9.17, 15) is 33.0 Å². The van der Waals surface area contributed by atoms with Crippen LogP contribution in [0.2, 0.25) is 5.15 Å². The Morgan fingerprint density at radius 2 is 1.73 bits per heavy atom. The Morgan fingerprint density at radius 3 is 2.38 bits per heavy atom. The number of aromatic nitrogens is 2. The number of imidazole rings is 1. The van der Waals surface area contributed by atoms with Gasteiger partial charge in [-0.2, -0.15) is 0 Å². The number of hydrogen-bond donors (Lipinski definition) is 4. The van der Waals surface area contributed by atoms with E-state index in [-0.39, 0.29) is 48.2 Å². The third-order valence-corrected chi connectivity index (χ3v) is 12.9. The Labute approximate surface area is 334 Å². The van der Waals surface area contributed by atoms with Gasteiger partial charge in [0.2, 0.25) is 11.8 Å². The van der Waals surface area contributed by atoms with E-state index in [0.717, 1.165) is 43.5 Å². The number of aryl methyl sites for hydroxylation is 1. The molecule has 0 aliphatic heterocycles. The molecule has 15 heteroatoms. The van der Waals surface area contributed by atoms with Gasteiger partial charge in [0.05, 0.1) is 48.3 Å². The SMILES string of the molecule is CCCCc1nc(Cl)c(CO)n1Cc1ccc(-c2ccccc2S(=O)(=O)NC(=O)C2CCC(NC(=O)C3(CC(COCCOC)C(=O)O)CCCC3)CC2)cc1. The quantitative estimate of drug-likeness (QED) is 0.100. The lowest BCUT2D eigenvalue weighted by Gasteiger charge is -2.34. The fourth-order valence-corrected chi connectivity index (χ4v) is 9.56. The molecule has 2 saturated carbocycles. The van der Waals surface area contributed by atoms with Crippen molar-refractivity contribution in [3.05, 3.63) is 70.8 Å². The normalized spacial score (nSPS) is 18.7. The molecule has 2 aliphatic rings. The van der Waals surface area contributed by atoms with Crippen LogP contribution in [0, 0.1) is 17.3 Å². The van der Waals surface area contributed by atoms with Crippen molar-refractivity contribution in [3.63, 3.8) is 0 Å². The highest BCUT2D eigenvalue weighted by atomic mass is 35.5. The van der Waals surface area contributed by atoms with Gasteiger partial charge in [-0.25, -0.2) is 18.1 Å². The van der Waals surface area contributed by atoms with Crippen molar-refractivity contribution in [1.82, 2.24) is 19.6 Å². The number of rotatable bonds is 20. The molecular formula is C41H55ClN4O9S. The van der Waals surface area contributed by atoms with E-state index < -0.39 is 39.2 Å². The van der Waals surface area contributed by atoms with Crippen LogP contribution in [0.5, 0.6) is 0 Å². The van der Waals surface area contributed by atoms with Gasteiger partial charge in [-0.15, -0.1) is 0 Å². The van der Waals surface area contributed by atoms with Crippen molar-refractivity contribution in [1.29, 1.82) is 0 Å². The maximum Gasteiger partial charge on any atom is 0.308 e. The summed E-state index contributed by atoms with van der Waals surface area (Å²) in [4.78, 5) is 43.6. The topological polar surface area (TPSA) is 186 Å². The van der Waals surface area contributed by atoms with Crippen LogP contribution >= 0.6 is 11.6 Å². The fraction of sp³-hybridized carbons (Fsp3) is 0.561. The lowest BCUT2D eigenvalue weighted by Crippen LogP contribution is -2.48. The van der Waals surface area contributed by atoms with Crippen molar-refractivity contribution in [2.75, 3.05) is 26.9 Å². The minimum Gasteiger partial charge on any atom is -0.481 e. The predicted octanol–water partition coefficient (Wildman–Crippen LogP) is 5.88. The lowest BCUT2D eigenvalue weighted by molar-refractivity contribution is -0.147. The molecule has 1 atom stereocenters. The number of carboxylic acids is 1. The number of amides is 2. The average Bonchev–Trinajstić information content (AvgIpc) is 3.79. The van der Waals surface area contributed by atoms with Crippen LogP contribution in [0.25, 0.3) is 11.1 Å². The molecule has 0 spiro atoms. The highest BCUT2D eigenvalue weighted by Crippen LogP contribution is 2.44. The van der Waals surface area contributed by atoms with Gasteiger partial charge in [-0.1, -0.05) is 80.3 Å². The molecule has 1 unspecified atom stereocenters. The smallest absolute Gasteiger partial charge is 0.308 e. The van der Waals surface area contributed by atoms with Gasteiger partial charge in [-0.05, 0) is 68.6 Å². The number of unbranched alkanes of at least 4 members (excludes halogenated alkanes) is 1. The van der Waals surface area contributed by atoms with Gasteiger partial charge in [0.15, 0.2) is 5.15 Å². The number of aliphatic hydroxyl groups is 1. The molecule has 2 aliphatic carbocycles. The number of methoxy groups -OCH3 is 1. The second kappa shape index (κ2) is 20.0. The predicted molar refractivity (Wildman–Crippen MR) is 211 cm³/mol. The van der Waals surface area contributed by atoms with Gasteiger partial charge in [-0.3, -0.25) is 14.4 Å². The van der Waals surface area contributed by atoms with E-state index >= 15 is 0 Å². The Bertz CT molecular complexity index is 1900. The second-order valence-corrected chi connectivity index (χ2v) is 17.1. The minimum absolute atomic E-state index is 0.00338.